The fourth-order valence-corrected chi connectivity index (χ4v) is 3.42. The summed E-state index contributed by atoms with van der Waals surface area (Å²) in [6, 6.07) is 0. The maximum absolute atomic E-state index is 10.9. The number of carbonyl (C=O) groups is 1. The number of aliphatic imine (C=N–C) groups is 1. The number of hydrogen-bond acceptors (Lipinski definition) is 4. The molecule has 0 bridgehead atoms. The van der Waals surface area contributed by atoms with Crippen molar-refractivity contribution in [3.63, 3.8) is 0 Å². The van der Waals surface area contributed by atoms with E-state index in [1.54, 1.807) is 6.92 Å². The normalized spacial score (nSPS) is 24.3. The third-order valence-electron chi connectivity index (χ3n) is 1.33. The minimum atomic E-state index is -3.71. The smallest absolute Gasteiger partial charge is 0.259 e. The fraction of sp³-hybridized carbons (Fsp3) is 0.600. The van der Waals surface area contributed by atoms with Crippen molar-refractivity contribution >= 4 is 42.4 Å². The Morgan fingerprint density at radius 2 is 2.25 bits per heavy atom. The average molecular weight is 228 g/mol. The van der Waals surface area contributed by atoms with Gasteiger partial charge in [0.15, 0.2) is 4.58 Å². The van der Waals surface area contributed by atoms with Crippen molar-refractivity contribution in [1.82, 2.24) is 0 Å². The number of amides is 1. The van der Waals surface area contributed by atoms with Gasteiger partial charge in [-0.2, -0.15) is 0 Å². The lowest BCUT2D eigenvalue weighted by atomic mass is 10.3. The molecule has 4 nitrogen and oxygen atoms in total. The number of halogens is 1. The first kappa shape index (κ1) is 10.0. The van der Waals surface area contributed by atoms with E-state index in [0.717, 1.165) is 0 Å². The van der Waals surface area contributed by atoms with Crippen LogP contribution >= 0.6 is 22.4 Å². The van der Waals surface area contributed by atoms with Gasteiger partial charge in [0.05, 0.1) is 5.71 Å². The van der Waals surface area contributed by atoms with Gasteiger partial charge < -0.3 is 0 Å². The Kier molecular flexibility index (Phi) is 2.80. The largest absolute Gasteiger partial charge is 0.306 e. The van der Waals surface area contributed by atoms with Crippen molar-refractivity contribution in [3.8, 4) is 0 Å². The van der Waals surface area contributed by atoms with Crippen LogP contribution in [0.1, 0.15) is 13.3 Å². The first-order valence-corrected chi connectivity index (χ1v) is 6.42. The molecule has 7 heteroatoms. The Labute approximate surface area is 78.8 Å². The molecule has 0 spiro atoms. The molecule has 1 unspecified atom stereocenters. The Morgan fingerprint density at radius 1 is 1.67 bits per heavy atom. The van der Waals surface area contributed by atoms with Crippen LogP contribution in [0.2, 0.25) is 0 Å². The van der Waals surface area contributed by atoms with E-state index in [2.05, 4.69) is 4.99 Å². The molecule has 0 fully saturated rings. The average Bonchev–Trinajstić information content (AvgIpc) is 2.29. The van der Waals surface area contributed by atoms with Crippen LogP contribution in [0.25, 0.3) is 0 Å². The molecule has 0 aromatic carbocycles. The zero-order chi connectivity index (χ0) is 9.35. The molecule has 1 amide bonds. The molecular formula is C5H6ClNO3S2. The highest BCUT2D eigenvalue weighted by molar-refractivity contribution is 8.30. The molecule has 0 saturated heterocycles. The van der Waals surface area contributed by atoms with Crippen molar-refractivity contribution in [1.29, 1.82) is 0 Å². The van der Waals surface area contributed by atoms with Crippen LogP contribution in [-0.2, 0) is 9.05 Å². The fourth-order valence-electron chi connectivity index (χ4n) is 0.822. The van der Waals surface area contributed by atoms with Gasteiger partial charge in [-0.3, -0.25) is 4.79 Å². The predicted molar refractivity (Wildman–Crippen MR) is 49.3 cm³/mol. The van der Waals surface area contributed by atoms with Crippen molar-refractivity contribution in [3.05, 3.63) is 0 Å². The van der Waals surface area contributed by atoms with E-state index in [9.17, 15) is 13.2 Å². The van der Waals surface area contributed by atoms with Crippen LogP contribution in [0, 0.1) is 0 Å². The molecule has 0 saturated carbocycles. The molecule has 0 N–H and O–H groups in total. The molecule has 0 aromatic heterocycles. The summed E-state index contributed by atoms with van der Waals surface area (Å²) in [5, 5.41) is -0.485. The zero-order valence-corrected chi connectivity index (χ0v) is 8.54. The van der Waals surface area contributed by atoms with Crippen LogP contribution in [-0.4, -0.2) is 24.0 Å². The number of thioether (sulfide) groups is 1. The van der Waals surface area contributed by atoms with Gasteiger partial charge in [-0.1, -0.05) is 6.92 Å². The molecule has 12 heavy (non-hydrogen) atoms. The zero-order valence-electron chi connectivity index (χ0n) is 6.15. The molecule has 0 aliphatic carbocycles. The maximum Gasteiger partial charge on any atom is 0.306 e. The summed E-state index contributed by atoms with van der Waals surface area (Å²) in [6.45, 7) is 1.73. The Bertz CT molecular complexity index is 335. The minimum absolute atomic E-state index is 0.333. The number of nitrogens with zero attached hydrogens (tertiary/aromatic N) is 1. The van der Waals surface area contributed by atoms with Gasteiger partial charge in [0.1, 0.15) is 0 Å². The molecule has 1 atom stereocenters. The number of carbonyl (C=O) groups excluding carboxylic acids is 1. The SMILES string of the molecule is CCC1=NC(=O)SC1S(=O)(=O)Cl. The molecule has 0 radical (unpaired) electrons. The summed E-state index contributed by atoms with van der Waals surface area (Å²) in [5.74, 6) is 0. The summed E-state index contributed by atoms with van der Waals surface area (Å²) in [4.78, 5) is 14.3. The second-order valence-electron chi connectivity index (χ2n) is 2.15. The van der Waals surface area contributed by atoms with Crippen LogP contribution in [0.15, 0.2) is 4.99 Å². The van der Waals surface area contributed by atoms with Crippen LogP contribution in [0.4, 0.5) is 4.79 Å². The maximum atomic E-state index is 10.9. The van der Waals surface area contributed by atoms with Crippen molar-refractivity contribution < 1.29 is 13.2 Å². The first-order chi connectivity index (χ1) is 5.45. The second-order valence-corrected chi connectivity index (χ2v) is 6.22. The van der Waals surface area contributed by atoms with Crippen LogP contribution < -0.4 is 0 Å². The predicted octanol–water partition coefficient (Wildman–Crippen LogP) is 1.60. The van der Waals surface area contributed by atoms with Crippen LogP contribution in [0.5, 0.6) is 0 Å². The van der Waals surface area contributed by atoms with Gasteiger partial charge in [0, 0.05) is 10.7 Å². The van der Waals surface area contributed by atoms with Gasteiger partial charge in [-0.05, 0) is 18.2 Å². The summed E-state index contributed by atoms with van der Waals surface area (Å²) in [7, 11) is 1.38. The standard InChI is InChI=1S/C5H6ClNO3S2/c1-2-3-4(12(6,9)10)11-5(8)7-3/h4H,2H2,1H3. The Balaban J connectivity index is 2.98. The summed E-state index contributed by atoms with van der Waals surface area (Å²) >= 11 is 0.643. The molecule has 1 rings (SSSR count). The number of rotatable bonds is 2. The lowest BCUT2D eigenvalue weighted by Gasteiger charge is -2.03. The monoisotopic (exact) mass is 227 g/mol. The van der Waals surface area contributed by atoms with E-state index >= 15 is 0 Å². The highest BCUT2D eigenvalue weighted by Gasteiger charge is 2.36. The Hall–Kier alpha value is -0.0700. The molecule has 0 aromatic rings. The van der Waals surface area contributed by atoms with Crippen molar-refractivity contribution in [2.75, 3.05) is 0 Å². The topological polar surface area (TPSA) is 63.6 Å². The third kappa shape index (κ3) is 1.99. The van der Waals surface area contributed by atoms with E-state index < -0.39 is 18.9 Å². The van der Waals surface area contributed by atoms with E-state index in [-0.39, 0.29) is 0 Å². The number of hydrogen-bond donors (Lipinski definition) is 0. The second kappa shape index (κ2) is 3.35. The van der Waals surface area contributed by atoms with E-state index in [4.69, 9.17) is 10.7 Å². The van der Waals surface area contributed by atoms with Gasteiger partial charge >= 0.3 is 5.24 Å². The van der Waals surface area contributed by atoms with Crippen molar-refractivity contribution in [2.24, 2.45) is 4.99 Å². The van der Waals surface area contributed by atoms with Gasteiger partial charge in [0.25, 0.3) is 9.05 Å². The molecule has 1 aliphatic rings. The Morgan fingerprint density at radius 3 is 2.58 bits per heavy atom. The highest BCUT2D eigenvalue weighted by atomic mass is 35.7. The summed E-state index contributed by atoms with van der Waals surface area (Å²) in [6.07, 6.45) is 0.426. The van der Waals surface area contributed by atoms with Crippen molar-refractivity contribution in [2.45, 2.75) is 17.9 Å². The van der Waals surface area contributed by atoms with E-state index in [0.29, 0.717) is 23.9 Å². The lowest BCUT2D eigenvalue weighted by Crippen LogP contribution is -2.19. The van der Waals surface area contributed by atoms with E-state index in [1.165, 1.54) is 0 Å². The molecular weight excluding hydrogens is 222 g/mol. The van der Waals surface area contributed by atoms with E-state index in [1.807, 2.05) is 0 Å². The summed E-state index contributed by atoms with van der Waals surface area (Å²) < 4.78 is 20.7. The van der Waals surface area contributed by atoms with Crippen LogP contribution in [0.3, 0.4) is 0 Å². The van der Waals surface area contributed by atoms with Gasteiger partial charge in [0.2, 0.25) is 0 Å². The first-order valence-electron chi connectivity index (χ1n) is 3.16. The third-order valence-corrected chi connectivity index (χ3v) is 4.80. The van der Waals surface area contributed by atoms with Gasteiger partial charge in [-0.25, -0.2) is 13.4 Å². The molecule has 1 heterocycles. The van der Waals surface area contributed by atoms with Gasteiger partial charge in [-0.15, -0.1) is 0 Å². The summed E-state index contributed by atoms with van der Waals surface area (Å²) in [5.41, 5.74) is 0.333. The quantitative estimate of drug-likeness (QED) is 0.673. The molecule has 68 valence electrons. The minimum Gasteiger partial charge on any atom is -0.259 e. The molecule has 1 aliphatic heterocycles. The highest BCUT2D eigenvalue weighted by Crippen LogP contribution is 2.30. The lowest BCUT2D eigenvalue weighted by molar-refractivity contribution is 0.268.